The fourth-order valence-corrected chi connectivity index (χ4v) is 12.4. The number of aryl methyl sites for hydroxylation is 1. The van der Waals surface area contributed by atoms with Gasteiger partial charge in [0.05, 0.1) is 11.4 Å². The fraction of sp³-hybridized carbons (Fsp3) is 0.0909. The molecule has 10 aromatic rings. The summed E-state index contributed by atoms with van der Waals surface area (Å²) in [5.41, 5.74) is 26.5. The Morgan fingerprint density at radius 2 is 0.836 bits per heavy atom. The molecule has 0 bridgehead atoms. The van der Waals surface area contributed by atoms with E-state index in [-0.39, 0.29) is 10.8 Å². The van der Waals surface area contributed by atoms with Crippen LogP contribution < -0.4 is 4.90 Å². The molecular formula is C66H49N. The Bertz CT molecular complexity index is 3560. The molecule has 3 aliphatic rings. The highest BCUT2D eigenvalue weighted by Crippen LogP contribution is 2.60. The Hall–Kier alpha value is -8.00. The highest BCUT2D eigenvalue weighted by Gasteiger charge is 2.48. The lowest BCUT2D eigenvalue weighted by Gasteiger charge is -2.33. The average molecular weight is 856 g/mol. The maximum atomic E-state index is 2.57. The molecule has 13 rings (SSSR count). The quantitative estimate of drug-likeness (QED) is 0.154. The molecule has 1 heteroatoms. The number of benzene rings is 10. The zero-order valence-corrected chi connectivity index (χ0v) is 37.9. The van der Waals surface area contributed by atoms with Crippen LogP contribution in [0.4, 0.5) is 17.1 Å². The molecule has 10 aromatic carbocycles. The smallest absolute Gasteiger partial charge is 0.0540 e. The van der Waals surface area contributed by atoms with E-state index in [9.17, 15) is 0 Å². The summed E-state index contributed by atoms with van der Waals surface area (Å²) in [6.45, 7) is 4.80. The predicted molar refractivity (Wildman–Crippen MR) is 281 cm³/mol. The second-order valence-electron chi connectivity index (χ2n) is 19.1. The molecule has 0 saturated carbocycles. The van der Waals surface area contributed by atoms with E-state index < -0.39 is 0 Å². The van der Waals surface area contributed by atoms with E-state index in [1.807, 2.05) is 0 Å². The van der Waals surface area contributed by atoms with Gasteiger partial charge in [0.2, 0.25) is 0 Å². The summed E-state index contributed by atoms with van der Waals surface area (Å²) >= 11 is 0. The van der Waals surface area contributed by atoms with Crippen LogP contribution in [-0.2, 0) is 17.3 Å². The number of hydrogen-bond donors (Lipinski definition) is 0. The third-order valence-corrected chi connectivity index (χ3v) is 15.3. The van der Waals surface area contributed by atoms with E-state index >= 15 is 0 Å². The van der Waals surface area contributed by atoms with Crippen molar-refractivity contribution in [3.05, 3.63) is 270 Å². The van der Waals surface area contributed by atoms with Crippen molar-refractivity contribution >= 4 is 17.1 Å². The van der Waals surface area contributed by atoms with Crippen molar-refractivity contribution in [2.24, 2.45) is 0 Å². The summed E-state index contributed by atoms with van der Waals surface area (Å²) in [6, 6.07) is 88.5. The number of rotatable bonds is 7. The standard InChI is InChI=1S/C66H49N/c1-65(2)59-32-15-10-27-52(59)55-29-19-30-56(64(55)65)54-28-13-18-35-63(54)67(48-37-39-53-51-26-11-16-33-60(51)66(61(53)43-48)41-40-46-24-9-14-31-58(46)66)62-34-17-12-25-50(62)47-36-38-49(44-20-5-3-6-21-44)57(42-47)45-22-7-4-8-23-45/h3-39,42-43H,40-41H2,1-2H3. The second kappa shape index (κ2) is 15.3. The van der Waals surface area contributed by atoms with Gasteiger partial charge in [-0.15, -0.1) is 0 Å². The first-order valence-electron chi connectivity index (χ1n) is 23.8. The molecule has 1 spiro atoms. The number of hydrogen-bond acceptors (Lipinski definition) is 1. The van der Waals surface area contributed by atoms with Crippen molar-refractivity contribution in [3.8, 4) is 66.8 Å². The van der Waals surface area contributed by atoms with Crippen LogP contribution in [0.5, 0.6) is 0 Å². The van der Waals surface area contributed by atoms with Gasteiger partial charge in [-0.1, -0.05) is 220 Å². The van der Waals surface area contributed by atoms with Gasteiger partial charge in [-0.3, -0.25) is 0 Å². The Morgan fingerprint density at radius 1 is 0.328 bits per heavy atom. The maximum absolute atomic E-state index is 2.57. The van der Waals surface area contributed by atoms with E-state index in [2.05, 4.69) is 255 Å². The number of nitrogens with zero attached hydrogens (tertiary/aromatic N) is 1. The van der Waals surface area contributed by atoms with Gasteiger partial charge in [0.25, 0.3) is 0 Å². The van der Waals surface area contributed by atoms with Crippen molar-refractivity contribution in [3.63, 3.8) is 0 Å². The summed E-state index contributed by atoms with van der Waals surface area (Å²) in [5, 5.41) is 0. The fourth-order valence-electron chi connectivity index (χ4n) is 12.4. The van der Waals surface area contributed by atoms with Crippen molar-refractivity contribution < 1.29 is 0 Å². The number of fused-ring (bicyclic) bond motifs is 10. The molecule has 0 aliphatic heterocycles. The zero-order chi connectivity index (χ0) is 44.7. The normalized spacial score (nSPS) is 15.7. The molecule has 67 heavy (non-hydrogen) atoms. The van der Waals surface area contributed by atoms with E-state index in [0.29, 0.717) is 0 Å². The number of anilines is 3. The van der Waals surface area contributed by atoms with Crippen LogP contribution in [0.15, 0.2) is 237 Å². The lowest BCUT2D eigenvalue weighted by Crippen LogP contribution is -2.24. The molecular weight excluding hydrogens is 807 g/mol. The summed E-state index contributed by atoms with van der Waals surface area (Å²) in [7, 11) is 0. The van der Waals surface area contributed by atoms with Crippen LogP contribution in [0.2, 0.25) is 0 Å². The van der Waals surface area contributed by atoms with Crippen LogP contribution in [0.25, 0.3) is 66.8 Å². The monoisotopic (exact) mass is 855 g/mol. The highest BCUT2D eigenvalue weighted by molar-refractivity contribution is 5.99. The van der Waals surface area contributed by atoms with E-state index in [1.165, 1.54) is 100 Å². The molecule has 1 atom stereocenters. The average Bonchev–Trinajstić information content (AvgIpc) is 4.00. The van der Waals surface area contributed by atoms with Gasteiger partial charge in [-0.2, -0.15) is 0 Å². The Balaban J connectivity index is 1.07. The second-order valence-corrected chi connectivity index (χ2v) is 19.1. The first-order chi connectivity index (χ1) is 33.0. The lowest BCUT2D eigenvalue weighted by atomic mass is 9.73. The molecule has 3 aliphatic carbocycles. The Morgan fingerprint density at radius 3 is 1.57 bits per heavy atom. The van der Waals surface area contributed by atoms with Crippen molar-refractivity contribution in [2.75, 3.05) is 4.90 Å². The topological polar surface area (TPSA) is 3.24 Å². The summed E-state index contributed by atoms with van der Waals surface area (Å²) in [5.74, 6) is 0. The van der Waals surface area contributed by atoms with Crippen molar-refractivity contribution in [1.82, 2.24) is 0 Å². The lowest BCUT2D eigenvalue weighted by molar-refractivity contribution is 0.626. The van der Waals surface area contributed by atoms with Crippen LogP contribution in [-0.4, -0.2) is 0 Å². The Labute approximate surface area is 394 Å². The summed E-state index contributed by atoms with van der Waals surface area (Å²) in [4.78, 5) is 2.57. The minimum absolute atomic E-state index is 0.186. The van der Waals surface area contributed by atoms with Crippen LogP contribution in [0.1, 0.15) is 53.6 Å². The van der Waals surface area contributed by atoms with Crippen LogP contribution in [0.3, 0.4) is 0 Å². The van der Waals surface area contributed by atoms with Gasteiger partial charge >= 0.3 is 0 Å². The van der Waals surface area contributed by atoms with Crippen LogP contribution in [0, 0.1) is 0 Å². The first kappa shape index (κ1) is 39.4. The third-order valence-electron chi connectivity index (χ3n) is 15.3. The van der Waals surface area contributed by atoms with Gasteiger partial charge in [-0.05, 0) is 132 Å². The predicted octanol–water partition coefficient (Wildman–Crippen LogP) is 17.4. The summed E-state index contributed by atoms with van der Waals surface area (Å²) in [6.07, 6.45) is 2.11. The van der Waals surface area contributed by atoms with E-state index in [0.717, 1.165) is 29.9 Å². The molecule has 0 N–H and O–H groups in total. The molecule has 318 valence electrons. The molecule has 0 fully saturated rings. The van der Waals surface area contributed by atoms with E-state index in [4.69, 9.17) is 0 Å². The largest absolute Gasteiger partial charge is 0.309 e. The Kier molecular flexibility index (Phi) is 8.99. The van der Waals surface area contributed by atoms with Gasteiger partial charge < -0.3 is 4.90 Å². The summed E-state index contributed by atoms with van der Waals surface area (Å²) < 4.78 is 0. The minimum Gasteiger partial charge on any atom is -0.309 e. The van der Waals surface area contributed by atoms with Crippen molar-refractivity contribution in [2.45, 2.75) is 37.5 Å². The van der Waals surface area contributed by atoms with Gasteiger partial charge in [0, 0.05) is 27.6 Å². The SMILES string of the molecule is CC1(C)c2ccccc2-c2cccc(-c3ccccc3N(c3ccc4c(c3)C3(CCc5ccccc53)c3ccccc3-4)c3ccccc3-c3ccc(-c4ccccc4)c(-c4ccccc4)c3)c21. The molecule has 0 amide bonds. The van der Waals surface area contributed by atoms with Gasteiger partial charge in [0.15, 0.2) is 0 Å². The van der Waals surface area contributed by atoms with Crippen molar-refractivity contribution in [1.29, 1.82) is 0 Å². The highest BCUT2D eigenvalue weighted by atomic mass is 15.1. The van der Waals surface area contributed by atoms with E-state index in [1.54, 1.807) is 0 Å². The molecule has 1 nitrogen and oxygen atoms in total. The minimum atomic E-state index is -0.225. The van der Waals surface area contributed by atoms with Gasteiger partial charge in [-0.25, -0.2) is 0 Å². The third kappa shape index (κ3) is 5.94. The zero-order valence-electron chi connectivity index (χ0n) is 37.9. The molecule has 0 saturated heterocycles. The number of para-hydroxylation sites is 2. The molecule has 1 unspecified atom stereocenters. The maximum Gasteiger partial charge on any atom is 0.0540 e. The first-order valence-corrected chi connectivity index (χ1v) is 23.8. The van der Waals surface area contributed by atoms with Crippen LogP contribution >= 0.6 is 0 Å². The molecule has 0 aromatic heterocycles. The molecule has 0 heterocycles. The van der Waals surface area contributed by atoms with Gasteiger partial charge in [0.1, 0.15) is 0 Å². The molecule has 0 radical (unpaired) electrons.